The van der Waals surface area contributed by atoms with E-state index in [0.29, 0.717) is 6.10 Å². The highest BCUT2D eigenvalue weighted by atomic mass is 16.5. The summed E-state index contributed by atoms with van der Waals surface area (Å²) in [5.74, 6) is 0. The van der Waals surface area contributed by atoms with Crippen LogP contribution < -0.4 is 0 Å². The van der Waals surface area contributed by atoms with E-state index in [1.807, 2.05) is 0 Å². The maximum absolute atomic E-state index is 6.05. The molecule has 0 saturated carbocycles. The number of benzene rings is 1. The van der Waals surface area contributed by atoms with Gasteiger partial charge in [-0.1, -0.05) is 29.8 Å². The van der Waals surface area contributed by atoms with Crippen molar-refractivity contribution in [3.8, 4) is 0 Å². The van der Waals surface area contributed by atoms with Gasteiger partial charge in [0.1, 0.15) is 0 Å². The van der Waals surface area contributed by atoms with Crippen molar-refractivity contribution in [2.75, 3.05) is 53.4 Å². The van der Waals surface area contributed by atoms with Crippen LogP contribution >= 0.6 is 0 Å². The van der Waals surface area contributed by atoms with Gasteiger partial charge in [-0.3, -0.25) is 4.90 Å². The smallest absolute Gasteiger partial charge is 0.0829 e. The van der Waals surface area contributed by atoms with Crippen LogP contribution in [0.15, 0.2) is 24.3 Å². The Morgan fingerprint density at radius 3 is 2.54 bits per heavy atom. The van der Waals surface area contributed by atoms with Gasteiger partial charge in [0.25, 0.3) is 0 Å². The Bertz CT molecular complexity index is 496. The summed E-state index contributed by atoms with van der Waals surface area (Å²) < 4.78 is 6.05. The summed E-state index contributed by atoms with van der Waals surface area (Å²) >= 11 is 0. The number of likely N-dealkylation sites (tertiary alicyclic amines) is 1. The average molecular weight is 332 g/mol. The van der Waals surface area contributed by atoms with E-state index in [0.717, 1.165) is 38.8 Å². The highest BCUT2D eigenvalue weighted by Crippen LogP contribution is 2.17. The van der Waals surface area contributed by atoms with Gasteiger partial charge in [0.05, 0.1) is 12.7 Å². The number of ether oxygens (including phenoxy) is 1. The summed E-state index contributed by atoms with van der Waals surface area (Å²) in [7, 11) is 4.50. The first kappa shape index (κ1) is 17.9. The third-order valence-corrected chi connectivity index (χ3v) is 5.55. The van der Waals surface area contributed by atoms with Gasteiger partial charge < -0.3 is 14.5 Å². The van der Waals surface area contributed by atoms with Crippen molar-refractivity contribution in [2.45, 2.75) is 38.5 Å². The van der Waals surface area contributed by atoms with Crippen molar-refractivity contribution in [3.63, 3.8) is 0 Å². The first-order valence-electron chi connectivity index (χ1n) is 9.38. The summed E-state index contributed by atoms with van der Waals surface area (Å²) in [6, 6.07) is 9.65. The summed E-state index contributed by atoms with van der Waals surface area (Å²) in [5.41, 5.74) is 2.74. The molecule has 1 atom stereocenters. The molecule has 4 nitrogen and oxygen atoms in total. The third-order valence-electron chi connectivity index (χ3n) is 5.55. The molecule has 1 aromatic rings. The second-order valence-electron chi connectivity index (χ2n) is 7.69. The molecule has 2 aliphatic heterocycles. The van der Waals surface area contributed by atoms with E-state index in [1.54, 1.807) is 0 Å². The van der Waals surface area contributed by atoms with Crippen molar-refractivity contribution >= 4 is 0 Å². The van der Waals surface area contributed by atoms with E-state index in [2.05, 4.69) is 60.0 Å². The van der Waals surface area contributed by atoms with Crippen LogP contribution in [0, 0.1) is 6.92 Å². The van der Waals surface area contributed by atoms with Crippen LogP contribution in [0.25, 0.3) is 0 Å². The number of likely N-dealkylation sites (N-methyl/N-ethyl adjacent to an activating group) is 1. The van der Waals surface area contributed by atoms with Crippen LogP contribution in [0.2, 0.25) is 0 Å². The molecule has 2 aliphatic rings. The first-order valence-corrected chi connectivity index (χ1v) is 9.38. The van der Waals surface area contributed by atoms with E-state index in [1.165, 1.54) is 37.1 Å². The lowest BCUT2D eigenvalue weighted by Crippen LogP contribution is -2.50. The van der Waals surface area contributed by atoms with Gasteiger partial charge in [-0.15, -0.1) is 0 Å². The topological polar surface area (TPSA) is 19.0 Å². The van der Waals surface area contributed by atoms with Gasteiger partial charge >= 0.3 is 0 Å². The lowest BCUT2D eigenvalue weighted by atomic mass is 10.0. The molecule has 0 aliphatic carbocycles. The van der Waals surface area contributed by atoms with Gasteiger partial charge in [-0.2, -0.15) is 0 Å². The fourth-order valence-corrected chi connectivity index (χ4v) is 3.89. The van der Waals surface area contributed by atoms with E-state index >= 15 is 0 Å². The molecular weight excluding hydrogens is 298 g/mol. The quantitative estimate of drug-likeness (QED) is 0.823. The Labute approximate surface area is 147 Å². The van der Waals surface area contributed by atoms with Gasteiger partial charge in [0.15, 0.2) is 0 Å². The minimum atomic E-state index is 0.342. The van der Waals surface area contributed by atoms with Crippen LogP contribution in [0.5, 0.6) is 0 Å². The molecule has 4 heteroatoms. The van der Waals surface area contributed by atoms with Crippen molar-refractivity contribution in [3.05, 3.63) is 35.4 Å². The highest BCUT2D eigenvalue weighted by molar-refractivity contribution is 5.21. The number of morpholine rings is 1. The third kappa shape index (κ3) is 5.03. The Morgan fingerprint density at radius 2 is 1.83 bits per heavy atom. The maximum Gasteiger partial charge on any atom is 0.0829 e. The van der Waals surface area contributed by atoms with E-state index in [4.69, 9.17) is 4.74 Å². The predicted octanol–water partition coefficient (Wildman–Crippen LogP) is 2.22. The van der Waals surface area contributed by atoms with E-state index in [-0.39, 0.29) is 0 Å². The number of aryl methyl sites for hydroxylation is 1. The maximum atomic E-state index is 6.05. The molecule has 134 valence electrons. The van der Waals surface area contributed by atoms with E-state index < -0.39 is 0 Å². The standard InChI is InChI=1S/C20H33N3O/c1-17-4-6-18(7-5-17)14-23-12-13-24-20(16-23)15-22(3)19-8-10-21(2)11-9-19/h4-7,19-20H,8-16H2,1-3H3. The predicted molar refractivity (Wildman–Crippen MR) is 99.3 cm³/mol. The number of hydrogen-bond donors (Lipinski definition) is 0. The van der Waals surface area contributed by atoms with Crippen LogP contribution in [0.1, 0.15) is 24.0 Å². The van der Waals surface area contributed by atoms with Crippen LogP contribution in [0.3, 0.4) is 0 Å². The Hall–Kier alpha value is -0.940. The van der Waals surface area contributed by atoms with Gasteiger partial charge in [-0.25, -0.2) is 0 Å². The molecule has 0 bridgehead atoms. The summed E-state index contributed by atoms with van der Waals surface area (Å²) in [4.78, 5) is 7.51. The molecule has 2 fully saturated rings. The Kier molecular flexibility index (Phi) is 6.28. The Balaban J connectivity index is 1.47. The molecule has 1 unspecified atom stereocenters. The highest BCUT2D eigenvalue weighted by Gasteiger charge is 2.26. The normalized spacial score (nSPS) is 24.6. The fraction of sp³-hybridized carbons (Fsp3) is 0.700. The molecule has 0 radical (unpaired) electrons. The van der Waals surface area contributed by atoms with Crippen LogP contribution in [0.4, 0.5) is 0 Å². The van der Waals surface area contributed by atoms with Crippen molar-refractivity contribution in [1.29, 1.82) is 0 Å². The molecule has 2 saturated heterocycles. The molecule has 0 spiro atoms. The van der Waals surface area contributed by atoms with Gasteiger partial charge in [0.2, 0.25) is 0 Å². The average Bonchev–Trinajstić information content (AvgIpc) is 2.58. The number of piperidine rings is 1. The summed E-state index contributed by atoms with van der Waals surface area (Å²) in [5, 5.41) is 0. The largest absolute Gasteiger partial charge is 0.374 e. The Morgan fingerprint density at radius 1 is 1.12 bits per heavy atom. The summed E-state index contributed by atoms with van der Waals surface area (Å²) in [6.07, 6.45) is 2.91. The number of nitrogens with zero attached hydrogens (tertiary/aromatic N) is 3. The lowest BCUT2D eigenvalue weighted by molar-refractivity contribution is -0.0499. The number of rotatable bonds is 5. The molecule has 0 aromatic heterocycles. The zero-order valence-corrected chi connectivity index (χ0v) is 15.6. The minimum absolute atomic E-state index is 0.342. The molecule has 24 heavy (non-hydrogen) atoms. The monoisotopic (exact) mass is 331 g/mol. The molecular formula is C20H33N3O. The summed E-state index contributed by atoms with van der Waals surface area (Å²) in [6.45, 7) is 9.63. The lowest BCUT2D eigenvalue weighted by Gasteiger charge is -2.39. The van der Waals surface area contributed by atoms with Crippen molar-refractivity contribution < 1.29 is 4.74 Å². The van der Waals surface area contributed by atoms with E-state index in [9.17, 15) is 0 Å². The number of hydrogen-bond acceptors (Lipinski definition) is 4. The second kappa shape index (κ2) is 8.43. The molecule has 3 rings (SSSR count). The minimum Gasteiger partial charge on any atom is -0.374 e. The molecule has 1 aromatic carbocycles. The SMILES string of the molecule is Cc1ccc(CN2CCOC(CN(C)C3CCN(C)CC3)C2)cc1. The van der Waals surface area contributed by atoms with Crippen LogP contribution in [-0.4, -0.2) is 80.3 Å². The zero-order valence-electron chi connectivity index (χ0n) is 15.6. The van der Waals surface area contributed by atoms with Crippen LogP contribution in [-0.2, 0) is 11.3 Å². The van der Waals surface area contributed by atoms with Gasteiger partial charge in [-0.05, 0) is 52.5 Å². The molecule has 0 amide bonds. The second-order valence-corrected chi connectivity index (χ2v) is 7.69. The van der Waals surface area contributed by atoms with Crippen molar-refractivity contribution in [1.82, 2.24) is 14.7 Å². The fourth-order valence-electron chi connectivity index (χ4n) is 3.89. The molecule has 0 N–H and O–H groups in total. The van der Waals surface area contributed by atoms with Crippen molar-refractivity contribution in [2.24, 2.45) is 0 Å². The molecule has 2 heterocycles. The zero-order chi connectivity index (χ0) is 16.9. The van der Waals surface area contributed by atoms with Gasteiger partial charge in [0, 0.05) is 32.2 Å². The first-order chi connectivity index (χ1) is 11.6.